The van der Waals surface area contributed by atoms with E-state index in [1.54, 1.807) is 23.4 Å². The number of morpholine rings is 1. The monoisotopic (exact) mass is 540 g/mol. The van der Waals surface area contributed by atoms with Crippen LogP contribution < -0.4 is 9.77 Å². The van der Waals surface area contributed by atoms with E-state index in [4.69, 9.17) is 4.74 Å². The zero-order chi connectivity index (χ0) is 25.7. The summed E-state index contributed by atoms with van der Waals surface area (Å²) >= 11 is 2.14. The van der Waals surface area contributed by atoms with Gasteiger partial charge < -0.3 is 9.64 Å². The number of hydrogen-bond donors (Lipinski definition) is 0. The van der Waals surface area contributed by atoms with Crippen molar-refractivity contribution in [2.24, 2.45) is 5.92 Å². The number of hydrogen-bond acceptors (Lipinski definition) is 8. The van der Waals surface area contributed by atoms with Crippen molar-refractivity contribution >= 4 is 46.5 Å². The van der Waals surface area contributed by atoms with E-state index in [0.717, 1.165) is 28.0 Å². The minimum atomic E-state index is -0.811. The molecule has 2 aromatic heterocycles. The molecule has 0 radical (unpaired) electrons. The summed E-state index contributed by atoms with van der Waals surface area (Å²) in [6.07, 6.45) is 3.24. The molecule has 12 heteroatoms. The number of thioether (sulfide) groups is 1. The molecule has 0 spiro atoms. The minimum absolute atomic E-state index is 0.154. The van der Waals surface area contributed by atoms with Crippen LogP contribution in [0, 0.1) is 11.7 Å². The highest BCUT2D eigenvalue weighted by atomic mass is 32.2. The molecule has 2 saturated heterocycles. The molecule has 6 rings (SSSR count). The smallest absolute Gasteiger partial charge is 0.308 e. The van der Waals surface area contributed by atoms with Gasteiger partial charge in [0.2, 0.25) is 17.7 Å². The Bertz CT molecular complexity index is 1440. The van der Waals surface area contributed by atoms with Crippen LogP contribution in [0.3, 0.4) is 0 Å². The molecule has 0 aliphatic carbocycles. The number of carbonyl (C=O) groups excluding carboxylic acids is 3. The van der Waals surface area contributed by atoms with Gasteiger partial charge in [-0.15, -0.1) is 0 Å². The van der Waals surface area contributed by atoms with E-state index < -0.39 is 34.7 Å². The van der Waals surface area contributed by atoms with Crippen LogP contribution in [0.15, 0.2) is 58.6 Å². The van der Waals surface area contributed by atoms with Crippen molar-refractivity contribution < 1.29 is 23.5 Å². The predicted octanol–water partition coefficient (Wildman–Crippen LogP) is 2.10. The molecule has 0 saturated carbocycles. The predicted molar refractivity (Wildman–Crippen MR) is 134 cm³/mol. The van der Waals surface area contributed by atoms with Crippen LogP contribution in [-0.2, 0) is 25.7 Å². The third-order valence-corrected chi connectivity index (χ3v) is 9.44. The molecule has 3 aromatic rings. The Labute approximate surface area is 218 Å². The number of imide groups is 1. The summed E-state index contributed by atoms with van der Waals surface area (Å²) in [5, 5.41) is -0.289. The fourth-order valence-electron chi connectivity index (χ4n) is 5.07. The number of benzene rings is 1. The number of pyridine rings is 1. The first-order valence-electron chi connectivity index (χ1n) is 11.7. The maximum Gasteiger partial charge on any atom is 0.308 e. The number of rotatable bonds is 4. The van der Waals surface area contributed by atoms with Crippen LogP contribution in [0.5, 0.6) is 0 Å². The van der Waals surface area contributed by atoms with Crippen LogP contribution in [0.25, 0.3) is 0 Å². The number of fused-ring (bicyclic) bond motifs is 2. The second-order valence-electron chi connectivity index (χ2n) is 8.93. The first-order chi connectivity index (χ1) is 17.9. The van der Waals surface area contributed by atoms with Crippen molar-refractivity contribution in [2.45, 2.75) is 22.7 Å². The molecule has 2 fully saturated rings. The van der Waals surface area contributed by atoms with Gasteiger partial charge in [0.1, 0.15) is 17.6 Å². The number of carbonyl (C=O) groups is 3. The first-order valence-corrected chi connectivity index (χ1v) is 13.4. The molecule has 190 valence electrons. The number of thiazole rings is 1. The Balaban J connectivity index is 1.42. The van der Waals surface area contributed by atoms with Crippen LogP contribution in [0.4, 0.5) is 10.1 Å². The molecular weight excluding hydrogens is 519 g/mol. The fraction of sp³-hybridized carbons (Fsp3) is 0.320. The quantitative estimate of drug-likeness (QED) is 0.467. The summed E-state index contributed by atoms with van der Waals surface area (Å²) in [6, 6.07) is 8.77. The normalized spacial score (nSPS) is 23.2. The lowest BCUT2D eigenvalue weighted by atomic mass is 9.84. The summed E-state index contributed by atoms with van der Waals surface area (Å²) in [4.78, 5) is 60.8. The summed E-state index contributed by atoms with van der Waals surface area (Å²) in [5.41, 5.74) is 0.994. The third kappa shape index (κ3) is 4.09. The van der Waals surface area contributed by atoms with Crippen LogP contribution in [0.2, 0.25) is 0 Å². The topological polar surface area (TPSA) is 102 Å². The molecule has 0 bridgehead atoms. The van der Waals surface area contributed by atoms with E-state index in [9.17, 15) is 23.6 Å². The first kappa shape index (κ1) is 24.0. The van der Waals surface area contributed by atoms with E-state index >= 15 is 0 Å². The summed E-state index contributed by atoms with van der Waals surface area (Å²) in [5.74, 6) is -2.89. The number of anilines is 1. The van der Waals surface area contributed by atoms with Gasteiger partial charge in [-0.3, -0.25) is 28.7 Å². The second-order valence-corrected chi connectivity index (χ2v) is 11.1. The van der Waals surface area contributed by atoms with Gasteiger partial charge >= 0.3 is 4.87 Å². The van der Waals surface area contributed by atoms with Crippen LogP contribution in [-0.4, -0.2) is 63.7 Å². The van der Waals surface area contributed by atoms with E-state index in [2.05, 4.69) is 4.98 Å². The van der Waals surface area contributed by atoms with Gasteiger partial charge in [-0.1, -0.05) is 29.2 Å². The van der Waals surface area contributed by atoms with Gasteiger partial charge in [-0.05, 0) is 35.9 Å². The number of halogens is 1. The number of aromatic nitrogens is 2. The zero-order valence-electron chi connectivity index (χ0n) is 19.4. The van der Waals surface area contributed by atoms with E-state index in [1.165, 1.54) is 28.8 Å². The Morgan fingerprint density at radius 3 is 2.54 bits per heavy atom. The summed E-state index contributed by atoms with van der Waals surface area (Å²) in [6.45, 7) is 1.64. The van der Waals surface area contributed by atoms with Gasteiger partial charge in [-0.25, -0.2) is 9.29 Å². The lowest BCUT2D eigenvalue weighted by Crippen LogP contribution is -2.43. The zero-order valence-corrected chi connectivity index (χ0v) is 21.0. The van der Waals surface area contributed by atoms with Crippen molar-refractivity contribution in [1.82, 2.24) is 14.5 Å². The highest BCUT2D eigenvalue weighted by Gasteiger charge is 2.57. The average molecular weight is 541 g/mol. The molecular formula is C25H21FN4O5S2. The fourth-order valence-corrected chi connectivity index (χ4v) is 7.84. The minimum Gasteiger partial charge on any atom is -0.378 e. The van der Waals surface area contributed by atoms with Gasteiger partial charge in [-0.2, -0.15) is 0 Å². The van der Waals surface area contributed by atoms with Gasteiger partial charge in [0, 0.05) is 36.3 Å². The molecule has 3 aliphatic rings. The third-order valence-electron chi connectivity index (χ3n) is 6.83. The standard InChI is InChI=1S/C25H21FN4O5S2/c26-15-3-5-16(6-4-15)30-22(32)19-18(14-2-1-7-27-12-14)21-24(36-20(19)23(30)33)29(25(34)37-21)13-17(31)28-8-10-35-11-9-28/h1-7,12,18-20H,8-11,13H2/t18-,19-,20+/m0/s1. The second kappa shape index (κ2) is 9.51. The van der Waals surface area contributed by atoms with E-state index in [0.29, 0.717) is 47.5 Å². The SMILES string of the molecule is O=C(Cn1c2c(sc1=O)[C@@H](c1cccnc1)[C@@H]1C(=O)N(c3ccc(F)cc3)C(=O)[C@@H]1S2)N1CCOCC1. The Morgan fingerprint density at radius 2 is 1.84 bits per heavy atom. The van der Waals surface area contributed by atoms with Crippen molar-refractivity contribution in [3.05, 3.63) is 74.7 Å². The highest BCUT2D eigenvalue weighted by Crippen LogP contribution is 2.53. The van der Waals surface area contributed by atoms with Crippen molar-refractivity contribution in [1.29, 1.82) is 0 Å². The van der Waals surface area contributed by atoms with Gasteiger partial charge in [0.15, 0.2) is 0 Å². The maximum absolute atomic E-state index is 13.7. The van der Waals surface area contributed by atoms with Crippen LogP contribution >= 0.6 is 23.1 Å². The average Bonchev–Trinajstić information content (AvgIpc) is 3.36. The molecule has 3 amide bonds. The lowest BCUT2D eigenvalue weighted by molar-refractivity contribution is -0.136. The Hall–Kier alpha value is -3.35. The maximum atomic E-state index is 13.7. The van der Waals surface area contributed by atoms with Crippen molar-refractivity contribution in [2.75, 3.05) is 31.2 Å². The molecule has 0 N–H and O–H groups in total. The van der Waals surface area contributed by atoms with Gasteiger partial charge in [0.25, 0.3) is 0 Å². The largest absolute Gasteiger partial charge is 0.378 e. The van der Waals surface area contributed by atoms with E-state index in [1.807, 2.05) is 6.07 Å². The number of amides is 3. The molecule has 1 aromatic carbocycles. The molecule has 0 unspecified atom stereocenters. The summed E-state index contributed by atoms with van der Waals surface area (Å²) in [7, 11) is 0. The van der Waals surface area contributed by atoms with E-state index in [-0.39, 0.29) is 17.3 Å². The molecule has 37 heavy (non-hydrogen) atoms. The summed E-state index contributed by atoms with van der Waals surface area (Å²) < 4.78 is 20.3. The van der Waals surface area contributed by atoms with Crippen LogP contribution in [0.1, 0.15) is 16.4 Å². The van der Waals surface area contributed by atoms with Gasteiger partial charge in [0.05, 0.1) is 29.8 Å². The van der Waals surface area contributed by atoms with Crippen molar-refractivity contribution in [3.8, 4) is 0 Å². The Kier molecular flexibility index (Phi) is 6.17. The molecule has 9 nitrogen and oxygen atoms in total. The van der Waals surface area contributed by atoms with Crippen molar-refractivity contribution in [3.63, 3.8) is 0 Å². The molecule has 5 heterocycles. The number of nitrogens with zero attached hydrogens (tertiary/aromatic N) is 4. The Morgan fingerprint density at radius 1 is 1.08 bits per heavy atom. The molecule has 3 atom stereocenters. The number of ether oxygens (including phenoxy) is 1. The lowest BCUT2D eigenvalue weighted by Gasteiger charge is -2.31. The highest BCUT2D eigenvalue weighted by molar-refractivity contribution is 8.00. The molecule has 3 aliphatic heterocycles.